The highest BCUT2D eigenvalue weighted by Crippen LogP contribution is 1.96. The standard InChI is InChI=1S/C13H24N4O4/c1-4-5-6-17(9-12(20)14-3)13(21)8-16-11(19)7-15-10(2)18/h4-9H2,1-3H3,(H,14,20)(H,15,18)(H,16,19). The van der Waals surface area contributed by atoms with E-state index in [1.165, 1.54) is 18.9 Å². The van der Waals surface area contributed by atoms with Crippen molar-refractivity contribution in [1.82, 2.24) is 20.9 Å². The van der Waals surface area contributed by atoms with Crippen LogP contribution in [-0.2, 0) is 19.2 Å². The van der Waals surface area contributed by atoms with Gasteiger partial charge in [0.1, 0.15) is 0 Å². The van der Waals surface area contributed by atoms with E-state index in [0.29, 0.717) is 6.54 Å². The van der Waals surface area contributed by atoms with Crippen molar-refractivity contribution in [2.24, 2.45) is 0 Å². The van der Waals surface area contributed by atoms with E-state index >= 15 is 0 Å². The fourth-order valence-corrected chi connectivity index (χ4v) is 1.45. The van der Waals surface area contributed by atoms with Crippen LogP contribution >= 0.6 is 0 Å². The predicted octanol–water partition coefficient (Wildman–Crippen LogP) is -1.39. The van der Waals surface area contributed by atoms with Gasteiger partial charge in [-0.2, -0.15) is 0 Å². The molecular weight excluding hydrogens is 276 g/mol. The van der Waals surface area contributed by atoms with E-state index in [1.807, 2.05) is 6.92 Å². The maximum absolute atomic E-state index is 12.0. The van der Waals surface area contributed by atoms with Crippen molar-refractivity contribution in [2.75, 3.05) is 33.2 Å². The lowest BCUT2D eigenvalue weighted by atomic mass is 10.3. The minimum atomic E-state index is -0.450. The predicted molar refractivity (Wildman–Crippen MR) is 77.2 cm³/mol. The molecule has 0 fully saturated rings. The van der Waals surface area contributed by atoms with Gasteiger partial charge < -0.3 is 20.9 Å². The van der Waals surface area contributed by atoms with Gasteiger partial charge in [-0.05, 0) is 6.42 Å². The number of carbonyl (C=O) groups excluding carboxylic acids is 4. The third kappa shape index (κ3) is 9.42. The first-order chi connectivity index (χ1) is 9.90. The fourth-order valence-electron chi connectivity index (χ4n) is 1.45. The van der Waals surface area contributed by atoms with E-state index in [4.69, 9.17) is 0 Å². The van der Waals surface area contributed by atoms with Crippen molar-refractivity contribution in [3.8, 4) is 0 Å². The summed E-state index contributed by atoms with van der Waals surface area (Å²) in [5.74, 6) is -1.36. The van der Waals surface area contributed by atoms with Crippen LogP contribution in [0.1, 0.15) is 26.7 Å². The Balaban J connectivity index is 4.28. The Morgan fingerprint density at radius 1 is 1.00 bits per heavy atom. The molecule has 0 aliphatic rings. The monoisotopic (exact) mass is 300 g/mol. The molecule has 0 aromatic carbocycles. The molecule has 21 heavy (non-hydrogen) atoms. The number of nitrogens with one attached hydrogen (secondary N) is 3. The summed E-state index contributed by atoms with van der Waals surface area (Å²) >= 11 is 0. The van der Waals surface area contributed by atoms with Crippen LogP contribution in [0, 0.1) is 0 Å². The largest absolute Gasteiger partial charge is 0.358 e. The lowest BCUT2D eigenvalue weighted by molar-refractivity contribution is -0.136. The molecule has 0 unspecified atom stereocenters. The van der Waals surface area contributed by atoms with E-state index < -0.39 is 5.91 Å². The average molecular weight is 300 g/mol. The van der Waals surface area contributed by atoms with E-state index in [-0.39, 0.29) is 37.4 Å². The van der Waals surface area contributed by atoms with Crippen LogP contribution in [0.2, 0.25) is 0 Å². The van der Waals surface area contributed by atoms with Crippen molar-refractivity contribution in [3.63, 3.8) is 0 Å². The number of nitrogens with zero attached hydrogens (tertiary/aromatic N) is 1. The maximum atomic E-state index is 12.0. The Morgan fingerprint density at radius 2 is 1.67 bits per heavy atom. The smallest absolute Gasteiger partial charge is 0.242 e. The molecule has 0 aromatic rings. The molecule has 0 spiro atoms. The second kappa shape index (κ2) is 10.6. The van der Waals surface area contributed by atoms with Crippen LogP contribution in [0.25, 0.3) is 0 Å². The molecule has 0 saturated heterocycles. The third-order valence-corrected chi connectivity index (χ3v) is 2.68. The SMILES string of the molecule is CCCCN(CC(=O)NC)C(=O)CNC(=O)CNC(C)=O. The highest BCUT2D eigenvalue weighted by Gasteiger charge is 2.16. The molecule has 8 heteroatoms. The van der Waals surface area contributed by atoms with Crippen LogP contribution < -0.4 is 16.0 Å². The van der Waals surface area contributed by atoms with Crippen molar-refractivity contribution in [1.29, 1.82) is 0 Å². The second-order valence-corrected chi connectivity index (χ2v) is 4.53. The zero-order valence-electron chi connectivity index (χ0n) is 12.8. The van der Waals surface area contributed by atoms with Gasteiger partial charge in [-0.15, -0.1) is 0 Å². The van der Waals surface area contributed by atoms with Gasteiger partial charge in [0.05, 0.1) is 19.6 Å². The molecule has 4 amide bonds. The molecule has 0 radical (unpaired) electrons. The van der Waals surface area contributed by atoms with Crippen molar-refractivity contribution in [2.45, 2.75) is 26.7 Å². The molecule has 3 N–H and O–H groups in total. The lowest BCUT2D eigenvalue weighted by Gasteiger charge is -2.21. The number of rotatable bonds is 9. The zero-order valence-corrected chi connectivity index (χ0v) is 12.8. The molecule has 0 saturated carbocycles. The molecular formula is C13H24N4O4. The third-order valence-electron chi connectivity index (χ3n) is 2.68. The summed E-state index contributed by atoms with van der Waals surface area (Å²) in [6, 6.07) is 0. The fraction of sp³-hybridized carbons (Fsp3) is 0.692. The van der Waals surface area contributed by atoms with Crippen molar-refractivity contribution < 1.29 is 19.2 Å². The number of amides is 4. The van der Waals surface area contributed by atoms with E-state index in [1.54, 1.807) is 0 Å². The molecule has 0 rings (SSSR count). The van der Waals surface area contributed by atoms with Gasteiger partial charge in [0.25, 0.3) is 0 Å². The topological polar surface area (TPSA) is 108 Å². The minimum Gasteiger partial charge on any atom is -0.358 e. The van der Waals surface area contributed by atoms with Crippen LogP contribution in [0.5, 0.6) is 0 Å². The van der Waals surface area contributed by atoms with Crippen molar-refractivity contribution >= 4 is 23.6 Å². The van der Waals surface area contributed by atoms with Crippen LogP contribution in [0.15, 0.2) is 0 Å². The molecule has 0 aliphatic carbocycles. The molecule has 120 valence electrons. The maximum Gasteiger partial charge on any atom is 0.242 e. The molecule has 0 bridgehead atoms. The molecule has 0 aromatic heterocycles. The minimum absolute atomic E-state index is 0.0309. The quantitative estimate of drug-likeness (QED) is 0.487. The van der Waals surface area contributed by atoms with Gasteiger partial charge >= 0.3 is 0 Å². The first-order valence-corrected chi connectivity index (χ1v) is 6.90. The van der Waals surface area contributed by atoms with E-state index in [0.717, 1.165) is 12.8 Å². The number of likely N-dealkylation sites (N-methyl/N-ethyl adjacent to an activating group) is 1. The lowest BCUT2D eigenvalue weighted by Crippen LogP contribution is -2.46. The van der Waals surface area contributed by atoms with Gasteiger partial charge in [-0.3, -0.25) is 19.2 Å². The second-order valence-electron chi connectivity index (χ2n) is 4.53. The normalized spacial score (nSPS) is 9.67. The van der Waals surface area contributed by atoms with Crippen molar-refractivity contribution in [3.05, 3.63) is 0 Å². The van der Waals surface area contributed by atoms with Gasteiger partial charge in [0.2, 0.25) is 23.6 Å². The summed E-state index contributed by atoms with van der Waals surface area (Å²) in [6.45, 7) is 3.35. The van der Waals surface area contributed by atoms with Gasteiger partial charge in [0, 0.05) is 20.5 Å². The molecule has 0 atom stereocenters. The average Bonchev–Trinajstić information content (AvgIpc) is 2.46. The van der Waals surface area contributed by atoms with Gasteiger partial charge in [0.15, 0.2) is 0 Å². The summed E-state index contributed by atoms with van der Waals surface area (Å²) < 4.78 is 0. The zero-order chi connectivity index (χ0) is 16.3. The Hall–Kier alpha value is -2.12. The highest BCUT2D eigenvalue weighted by molar-refractivity contribution is 5.89. The Kier molecular flexibility index (Phi) is 9.57. The Morgan fingerprint density at radius 3 is 2.19 bits per heavy atom. The summed E-state index contributed by atoms with van der Waals surface area (Å²) in [7, 11) is 1.50. The first-order valence-electron chi connectivity index (χ1n) is 6.90. The molecule has 8 nitrogen and oxygen atoms in total. The number of unbranched alkanes of at least 4 members (excludes halogenated alkanes) is 1. The van der Waals surface area contributed by atoms with Crippen LogP contribution in [0.4, 0.5) is 0 Å². The number of hydrogen-bond acceptors (Lipinski definition) is 4. The molecule has 0 heterocycles. The van der Waals surface area contributed by atoms with Gasteiger partial charge in [-0.25, -0.2) is 0 Å². The Labute approximate surface area is 124 Å². The number of hydrogen-bond donors (Lipinski definition) is 3. The number of carbonyl (C=O) groups is 4. The van der Waals surface area contributed by atoms with Gasteiger partial charge in [-0.1, -0.05) is 13.3 Å². The van der Waals surface area contributed by atoms with E-state index in [2.05, 4.69) is 16.0 Å². The summed E-state index contributed by atoms with van der Waals surface area (Å²) in [4.78, 5) is 46.8. The summed E-state index contributed by atoms with van der Waals surface area (Å²) in [6.07, 6.45) is 1.68. The Bertz CT molecular complexity index is 384. The highest BCUT2D eigenvalue weighted by atomic mass is 16.2. The van der Waals surface area contributed by atoms with Crippen LogP contribution in [0.3, 0.4) is 0 Å². The first kappa shape index (κ1) is 18.9. The summed E-state index contributed by atoms with van der Waals surface area (Å²) in [5.41, 5.74) is 0. The van der Waals surface area contributed by atoms with Crippen LogP contribution in [-0.4, -0.2) is 61.8 Å². The molecule has 0 aliphatic heterocycles. The summed E-state index contributed by atoms with van der Waals surface area (Å²) in [5, 5.41) is 7.20. The van der Waals surface area contributed by atoms with E-state index in [9.17, 15) is 19.2 Å².